The van der Waals surface area contributed by atoms with Gasteiger partial charge in [-0.05, 0) is 24.2 Å². The van der Waals surface area contributed by atoms with Crippen LogP contribution < -0.4 is 11.1 Å². The monoisotopic (exact) mass is 342 g/mol. The van der Waals surface area contributed by atoms with Gasteiger partial charge in [0, 0.05) is 39.3 Å². The Balaban J connectivity index is 1.48. The maximum Gasteiger partial charge on any atom is 0.254 e. The van der Waals surface area contributed by atoms with Crippen molar-refractivity contribution in [1.29, 1.82) is 0 Å². The summed E-state index contributed by atoms with van der Waals surface area (Å²) in [6.45, 7) is 6.26. The Hall–Kier alpha value is -2.15. The first-order chi connectivity index (χ1) is 12.1. The molecule has 0 spiro atoms. The van der Waals surface area contributed by atoms with Crippen molar-refractivity contribution < 1.29 is 9.21 Å². The summed E-state index contributed by atoms with van der Waals surface area (Å²) in [5, 5.41) is 2.90. The zero-order valence-corrected chi connectivity index (χ0v) is 14.7. The molecular weight excluding hydrogens is 316 g/mol. The lowest BCUT2D eigenvalue weighted by Gasteiger charge is -2.32. The minimum atomic E-state index is -0.148. The molecule has 0 unspecified atom stereocenters. The van der Waals surface area contributed by atoms with Crippen molar-refractivity contribution in [2.75, 3.05) is 33.2 Å². The van der Waals surface area contributed by atoms with Crippen LogP contribution in [0.3, 0.4) is 0 Å². The number of piperazine rings is 1. The van der Waals surface area contributed by atoms with E-state index < -0.39 is 0 Å². The highest BCUT2D eigenvalue weighted by atomic mass is 16.3. The predicted octanol–water partition coefficient (Wildman–Crippen LogP) is 1.42. The van der Waals surface area contributed by atoms with Crippen LogP contribution in [0, 0.1) is 0 Å². The molecule has 134 valence electrons. The summed E-state index contributed by atoms with van der Waals surface area (Å²) in [6.07, 6.45) is 1.44. The molecule has 6 heteroatoms. The lowest BCUT2D eigenvalue weighted by Crippen LogP contribution is -2.43. The van der Waals surface area contributed by atoms with Crippen molar-refractivity contribution in [2.24, 2.45) is 5.73 Å². The molecule has 0 aliphatic carbocycles. The molecule has 0 radical (unpaired) electrons. The first kappa shape index (κ1) is 17.7. The van der Waals surface area contributed by atoms with Crippen molar-refractivity contribution in [2.45, 2.75) is 19.6 Å². The second kappa shape index (κ2) is 8.29. The van der Waals surface area contributed by atoms with Gasteiger partial charge in [0.2, 0.25) is 0 Å². The van der Waals surface area contributed by atoms with Gasteiger partial charge >= 0.3 is 0 Å². The van der Waals surface area contributed by atoms with E-state index in [0.717, 1.165) is 38.3 Å². The van der Waals surface area contributed by atoms with Crippen LogP contribution in [0.15, 0.2) is 41.0 Å². The number of nitrogens with zero attached hydrogens (tertiary/aromatic N) is 2. The Morgan fingerprint density at radius 3 is 2.48 bits per heavy atom. The average molecular weight is 342 g/mol. The fourth-order valence-corrected chi connectivity index (χ4v) is 2.92. The molecule has 25 heavy (non-hydrogen) atoms. The molecule has 3 rings (SSSR count). The molecule has 0 bridgehead atoms. The summed E-state index contributed by atoms with van der Waals surface area (Å²) in [4.78, 5) is 16.9. The zero-order valence-electron chi connectivity index (χ0n) is 14.7. The molecule has 1 aromatic carbocycles. The number of amides is 1. The van der Waals surface area contributed by atoms with E-state index in [9.17, 15) is 4.79 Å². The summed E-state index contributed by atoms with van der Waals surface area (Å²) in [5.41, 5.74) is 8.38. The molecule has 2 heterocycles. The fraction of sp³-hybridized carbons (Fsp3) is 0.421. The third-order valence-corrected chi connectivity index (χ3v) is 4.60. The fourth-order valence-electron chi connectivity index (χ4n) is 2.92. The predicted molar refractivity (Wildman–Crippen MR) is 97.0 cm³/mol. The standard InChI is InChI=1S/C19H26N4O2/c1-22-6-8-23(9-7-22)13-16-4-2-15(3-5-16)12-21-19(24)17-10-18(11-20)25-14-17/h2-5,10,14H,6-9,11-13,20H2,1H3,(H,21,24). The average Bonchev–Trinajstić information content (AvgIpc) is 3.12. The lowest BCUT2D eigenvalue weighted by atomic mass is 10.1. The molecule has 1 saturated heterocycles. The number of rotatable bonds is 6. The number of nitrogens with one attached hydrogen (secondary N) is 1. The van der Waals surface area contributed by atoms with Crippen LogP contribution in [0.25, 0.3) is 0 Å². The van der Waals surface area contributed by atoms with Gasteiger partial charge in [0.05, 0.1) is 12.1 Å². The van der Waals surface area contributed by atoms with Gasteiger partial charge in [-0.1, -0.05) is 24.3 Å². The molecule has 1 aromatic heterocycles. The van der Waals surface area contributed by atoms with Crippen LogP contribution in [0.1, 0.15) is 27.2 Å². The van der Waals surface area contributed by atoms with Crippen LogP contribution in [0.4, 0.5) is 0 Å². The second-order valence-corrected chi connectivity index (χ2v) is 6.58. The zero-order chi connectivity index (χ0) is 17.6. The summed E-state index contributed by atoms with van der Waals surface area (Å²) >= 11 is 0. The third-order valence-electron chi connectivity index (χ3n) is 4.60. The molecule has 0 saturated carbocycles. The lowest BCUT2D eigenvalue weighted by molar-refractivity contribution is 0.0950. The number of nitrogens with two attached hydrogens (primary N) is 1. The highest BCUT2D eigenvalue weighted by molar-refractivity contribution is 5.93. The SMILES string of the molecule is CN1CCN(Cc2ccc(CNC(=O)c3coc(CN)c3)cc2)CC1. The molecule has 6 nitrogen and oxygen atoms in total. The van der Waals surface area contributed by atoms with Crippen molar-refractivity contribution in [1.82, 2.24) is 15.1 Å². The Kier molecular flexibility index (Phi) is 5.86. The van der Waals surface area contributed by atoms with Crippen LogP contribution in [-0.4, -0.2) is 48.9 Å². The highest BCUT2D eigenvalue weighted by Gasteiger charge is 2.14. The van der Waals surface area contributed by atoms with Gasteiger partial charge in [0.1, 0.15) is 12.0 Å². The molecule has 1 amide bonds. The van der Waals surface area contributed by atoms with Gasteiger partial charge in [-0.3, -0.25) is 9.69 Å². The maximum atomic E-state index is 12.1. The van der Waals surface area contributed by atoms with E-state index >= 15 is 0 Å². The first-order valence-corrected chi connectivity index (χ1v) is 8.68. The number of benzene rings is 1. The van der Waals surface area contributed by atoms with E-state index in [4.69, 9.17) is 10.2 Å². The minimum Gasteiger partial charge on any atom is -0.467 e. The van der Waals surface area contributed by atoms with Gasteiger partial charge in [-0.2, -0.15) is 0 Å². The first-order valence-electron chi connectivity index (χ1n) is 8.68. The number of hydrogen-bond donors (Lipinski definition) is 2. The van der Waals surface area contributed by atoms with E-state index in [1.54, 1.807) is 6.07 Å². The normalized spacial score (nSPS) is 16.1. The van der Waals surface area contributed by atoms with E-state index in [2.05, 4.69) is 46.4 Å². The number of carbonyl (C=O) groups excluding carboxylic acids is 1. The van der Waals surface area contributed by atoms with E-state index in [0.29, 0.717) is 24.4 Å². The van der Waals surface area contributed by atoms with Gasteiger partial charge in [-0.15, -0.1) is 0 Å². The van der Waals surface area contributed by atoms with Crippen molar-refractivity contribution in [3.05, 3.63) is 59.0 Å². The van der Waals surface area contributed by atoms with Crippen molar-refractivity contribution >= 4 is 5.91 Å². The largest absolute Gasteiger partial charge is 0.467 e. The third kappa shape index (κ3) is 4.92. The van der Waals surface area contributed by atoms with Crippen LogP contribution in [-0.2, 0) is 19.6 Å². The number of carbonyl (C=O) groups is 1. The number of hydrogen-bond acceptors (Lipinski definition) is 5. The van der Waals surface area contributed by atoms with Crippen molar-refractivity contribution in [3.63, 3.8) is 0 Å². The smallest absolute Gasteiger partial charge is 0.254 e. The van der Waals surface area contributed by atoms with Crippen LogP contribution >= 0.6 is 0 Å². The summed E-state index contributed by atoms with van der Waals surface area (Å²) in [5.74, 6) is 0.461. The Bertz CT molecular complexity index is 688. The van der Waals surface area contributed by atoms with Gasteiger partial charge in [-0.25, -0.2) is 0 Å². The maximum absolute atomic E-state index is 12.1. The van der Waals surface area contributed by atoms with Gasteiger partial charge in [0.15, 0.2) is 0 Å². The van der Waals surface area contributed by atoms with E-state index in [-0.39, 0.29) is 5.91 Å². The molecule has 2 aromatic rings. The number of furan rings is 1. The van der Waals surface area contributed by atoms with Gasteiger partial charge in [0.25, 0.3) is 5.91 Å². The summed E-state index contributed by atoms with van der Waals surface area (Å²) in [6, 6.07) is 10.1. The molecule has 1 fully saturated rings. The molecule has 1 aliphatic heterocycles. The topological polar surface area (TPSA) is 74.7 Å². The minimum absolute atomic E-state index is 0.148. The van der Waals surface area contributed by atoms with Crippen LogP contribution in [0.5, 0.6) is 0 Å². The number of likely N-dealkylation sites (N-methyl/N-ethyl adjacent to an activating group) is 1. The molecular formula is C19H26N4O2. The Labute approximate surface area is 148 Å². The van der Waals surface area contributed by atoms with E-state index in [1.807, 2.05) is 0 Å². The summed E-state index contributed by atoms with van der Waals surface area (Å²) < 4.78 is 5.19. The quantitative estimate of drug-likeness (QED) is 0.830. The second-order valence-electron chi connectivity index (χ2n) is 6.58. The van der Waals surface area contributed by atoms with Crippen molar-refractivity contribution in [3.8, 4) is 0 Å². The Morgan fingerprint density at radius 1 is 1.16 bits per heavy atom. The highest BCUT2D eigenvalue weighted by Crippen LogP contribution is 2.11. The molecule has 3 N–H and O–H groups in total. The summed E-state index contributed by atoms with van der Waals surface area (Å²) in [7, 11) is 2.17. The Morgan fingerprint density at radius 2 is 1.84 bits per heavy atom. The van der Waals surface area contributed by atoms with Crippen LogP contribution in [0.2, 0.25) is 0 Å². The van der Waals surface area contributed by atoms with E-state index in [1.165, 1.54) is 11.8 Å². The molecule has 0 atom stereocenters. The van der Waals surface area contributed by atoms with Gasteiger partial charge < -0.3 is 20.4 Å². The molecule has 1 aliphatic rings.